The summed E-state index contributed by atoms with van der Waals surface area (Å²) < 4.78 is 26.4. The van der Waals surface area contributed by atoms with E-state index in [-0.39, 0.29) is 15.5 Å². The van der Waals surface area contributed by atoms with E-state index in [1.54, 1.807) is 0 Å². The van der Waals surface area contributed by atoms with Crippen LogP contribution >= 0.6 is 11.3 Å². The van der Waals surface area contributed by atoms with E-state index in [9.17, 15) is 13.2 Å². The number of benzene rings is 1. The first-order chi connectivity index (χ1) is 9.44. The van der Waals surface area contributed by atoms with Crippen LogP contribution in [0.3, 0.4) is 0 Å². The van der Waals surface area contributed by atoms with Crippen LogP contribution in [0.5, 0.6) is 0 Å². The second-order valence-corrected chi connectivity index (χ2v) is 6.31. The predicted molar refractivity (Wildman–Crippen MR) is 73.2 cm³/mol. The Morgan fingerprint density at radius 3 is 2.45 bits per heavy atom. The third-order valence-electron chi connectivity index (χ3n) is 2.40. The number of sulfonamides is 1. The molecule has 0 unspecified atom stereocenters. The predicted octanol–water partition coefficient (Wildman–Crippen LogP) is 2.12. The lowest BCUT2D eigenvalue weighted by atomic mass is 10.2. The van der Waals surface area contributed by atoms with Crippen LogP contribution < -0.4 is 4.72 Å². The zero-order valence-corrected chi connectivity index (χ0v) is 11.5. The van der Waals surface area contributed by atoms with Gasteiger partial charge < -0.3 is 5.11 Å². The van der Waals surface area contributed by atoms with Crippen LogP contribution in [0.4, 0.5) is 5.69 Å². The lowest BCUT2D eigenvalue weighted by molar-refractivity contribution is 0.0703. The zero-order chi connectivity index (χ0) is 14.8. The van der Waals surface area contributed by atoms with Crippen molar-refractivity contribution in [3.63, 3.8) is 0 Å². The summed E-state index contributed by atoms with van der Waals surface area (Å²) >= 11 is 0.930. The van der Waals surface area contributed by atoms with Crippen molar-refractivity contribution in [3.05, 3.63) is 46.2 Å². The highest BCUT2D eigenvalue weighted by atomic mass is 32.2. The Kier molecular flexibility index (Phi) is 3.74. The molecular formula is C12H8N2O4S2. The Bertz CT molecular complexity index is 786. The molecule has 0 bridgehead atoms. The van der Waals surface area contributed by atoms with E-state index in [4.69, 9.17) is 10.4 Å². The molecular weight excluding hydrogens is 300 g/mol. The van der Waals surface area contributed by atoms with E-state index < -0.39 is 16.0 Å². The third-order valence-corrected chi connectivity index (χ3v) is 4.68. The largest absolute Gasteiger partial charge is 0.477 e. The highest BCUT2D eigenvalue weighted by Crippen LogP contribution is 2.25. The van der Waals surface area contributed by atoms with E-state index in [0.717, 1.165) is 11.3 Å². The van der Waals surface area contributed by atoms with Crippen LogP contribution in [0.2, 0.25) is 0 Å². The molecule has 1 aromatic heterocycles. The van der Waals surface area contributed by atoms with Crippen molar-refractivity contribution in [2.24, 2.45) is 0 Å². The SMILES string of the molecule is N#Cc1ccc(S(=O)(=O)Nc2ccsc2C(=O)O)cc1. The van der Waals surface area contributed by atoms with Crippen LogP contribution in [0.15, 0.2) is 40.6 Å². The summed E-state index contributed by atoms with van der Waals surface area (Å²) in [7, 11) is -3.88. The van der Waals surface area contributed by atoms with E-state index in [1.165, 1.54) is 35.7 Å². The smallest absolute Gasteiger partial charge is 0.348 e. The average Bonchev–Trinajstić information content (AvgIpc) is 2.86. The van der Waals surface area contributed by atoms with Gasteiger partial charge in [-0.3, -0.25) is 4.72 Å². The van der Waals surface area contributed by atoms with Gasteiger partial charge in [0.25, 0.3) is 10.0 Å². The third kappa shape index (κ3) is 2.79. The van der Waals surface area contributed by atoms with Crippen molar-refractivity contribution >= 4 is 33.0 Å². The van der Waals surface area contributed by atoms with Crippen molar-refractivity contribution in [2.75, 3.05) is 4.72 Å². The number of rotatable bonds is 4. The number of nitriles is 1. The van der Waals surface area contributed by atoms with Gasteiger partial charge in [-0.2, -0.15) is 5.26 Å². The Labute approximate surface area is 119 Å². The molecule has 6 nitrogen and oxygen atoms in total. The normalized spacial score (nSPS) is 10.8. The number of hydrogen-bond acceptors (Lipinski definition) is 5. The second kappa shape index (κ2) is 5.32. The summed E-state index contributed by atoms with van der Waals surface area (Å²) in [6.07, 6.45) is 0. The van der Waals surface area contributed by atoms with Gasteiger partial charge in [-0.25, -0.2) is 13.2 Å². The number of thiophene rings is 1. The number of carboxylic acid groups (broad SMARTS) is 1. The number of nitrogens with one attached hydrogen (secondary N) is 1. The molecule has 8 heteroatoms. The van der Waals surface area contributed by atoms with Crippen molar-refractivity contribution in [2.45, 2.75) is 4.90 Å². The molecule has 0 saturated heterocycles. The highest BCUT2D eigenvalue weighted by molar-refractivity contribution is 7.92. The number of hydrogen-bond donors (Lipinski definition) is 2. The van der Waals surface area contributed by atoms with Gasteiger partial charge in [0.1, 0.15) is 4.88 Å². The number of anilines is 1. The molecule has 2 aromatic rings. The molecule has 0 atom stereocenters. The Balaban J connectivity index is 2.33. The fourth-order valence-corrected chi connectivity index (χ4v) is 3.29. The van der Waals surface area contributed by atoms with Crippen LogP contribution in [0.25, 0.3) is 0 Å². The molecule has 0 aliphatic rings. The minimum Gasteiger partial charge on any atom is -0.477 e. The van der Waals surface area contributed by atoms with Gasteiger partial charge in [0.05, 0.1) is 22.2 Å². The van der Waals surface area contributed by atoms with Gasteiger partial charge in [-0.05, 0) is 35.7 Å². The summed E-state index contributed by atoms with van der Waals surface area (Å²) in [4.78, 5) is 10.8. The standard InChI is InChI=1S/C12H8N2O4S2/c13-7-8-1-3-9(4-2-8)20(17,18)14-10-5-6-19-11(10)12(15)16/h1-6,14H,(H,15,16). The minimum absolute atomic E-state index is 0.0202. The molecule has 0 aliphatic carbocycles. The van der Waals surface area contributed by atoms with Crippen molar-refractivity contribution < 1.29 is 18.3 Å². The molecule has 2 N–H and O–H groups in total. The fourth-order valence-electron chi connectivity index (χ4n) is 1.47. The summed E-state index contributed by atoms with van der Waals surface area (Å²) in [5, 5.41) is 19.1. The van der Waals surface area contributed by atoms with Crippen LogP contribution in [-0.4, -0.2) is 19.5 Å². The van der Waals surface area contributed by atoms with Gasteiger partial charge in [0, 0.05) is 0 Å². The molecule has 1 heterocycles. The molecule has 0 fully saturated rings. The summed E-state index contributed by atoms with van der Waals surface area (Å²) in [5.41, 5.74) is 0.359. The lowest BCUT2D eigenvalue weighted by Crippen LogP contribution is -2.14. The Morgan fingerprint density at radius 1 is 1.25 bits per heavy atom. The summed E-state index contributed by atoms with van der Waals surface area (Å²) in [5.74, 6) is -1.20. The molecule has 0 radical (unpaired) electrons. The van der Waals surface area contributed by atoms with E-state index in [2.05, 4.69) is 4.72 Å². The molecule has 1 aromatic carbocycles. The van der Waals surface area contributed by atoms with Gasteiger partial charge in [0.2, 0.25) is 0 Å². The molecule has 20 heavy (non-hydrogen) atoms. The van der Waals surface area contributed by atoms with Crippen molar-refractivity contribution in [1.82, 2.24) is 0 Å². The Morgan fingerprint density at radius 2 is 1.90 bits per heavy atom. The first kappa shape index (κ1) is 14.0. The van der Waals surface area contributed by atoms with E-state index in [0.29, 0.717) is 5.56 Å². The van der Waals surface area contributed by atoms with Crippen LogP contribution in [-0.2, 0) is 10.0 Å². The Hall–Kier alpha value is -2.37. The van der Waals surface area contributed by atoms with Gasteiger partial charge in [0.15, 0.2) is 0 Å². The van der Waals surface area contributed by atoms with Gasteiger partial charge in [-0.15, -0.1) is 11.3 Å². The quantitative estimate of drug-likeness (QED) is 0.899. The molecule has 0 saturated carbocycles. The number of carboxylic acids is 1. The fraction of sp³-hybridized carbons (Fsp3) is 0. The molecule has 2 rings (SSSR count). The topological polar surface area (TPSA) is 107 Å². The van der Waals surface area contributed by atoms with Crippen LogP contribution in [0.1, 0.15) is 15.2 Å². The van der Waals surface area contributed by atoms with Crippen LogP contribution in [0, 0.1) is 11.3 Å². The molecule has 0 spiro atoms. The van der Waals surface area contributed by atoms with E-state index >= 15 is 0 Å². The maximum Gasteiger partial charge on any atom is 0.348 e. The first-order valence-electron chi connectivity index (χ1n) is 5.28. The monoisotopic (exact) mass is 308 g/mol. The molecule has 0 aliphatic heterocycles. The summed E-state index contributed by atoms with van der Waals surface area (Å²) in [6.45, 7) is 0. The van der Waals surface area contributed by atoms with E-state index in [1.807, 2.05) is 6.07 Å². The molecule has 102 valence electrons. The first-order valence-corrected chi connectivity index (χ1v) is 7.64. The maximum absolute atomic E-state index is 12.1. The van der Waals surface area contributed by atoms with Crippen molar-refractivity contribution in [3.8, 4) is 6.07 Å². The second-order valence-electron chi connectivity index (χ2n) is 3.71. The van der Waals surface area contributed by atoms with Gasteiger partial charge >= 0.3 is 5.97 Å². The lowest BCUT2D eigenvalue weighted by Gasteiger charge is -2.07. The maximum atomic E-state index is 12.1. The number of aromatic carboxylic acids is 1. The van der Waals surface area contributed by atoms with Gasteiger partial charge in [-0.1, -0.05) is 0 Å². The molecule has 0 amide bonds. The minimum atomic E-state index is -3.88. The average molecular weight is 308 g/mol. The highest BCUT2D eigenvalue weighted by Gasteiger charge is 2.19. The number of carbonyl (C=O) groups is 1. The number of nitrogens with zero attached hydrogens (tertiary/aromatic N) is 1. The van der Waals surface area contributed by atoms with Crippen molar-refractivity contribution in [1.29, 1.82) is 5.26 Å². The summed E-state index contributed by atoms with van der Waals surface area (Å²) in [6, 6.07) is 8.59. The zero-order valence-electron chi connectivity index (χ0n) is 9.90.